The molecule has 0 radical (unpaired) electrons. The normalized spacial score (nSPS) is 15.2. The van der Waals surface area contributed by atoms with Gasteiger partial charge in [-0.1, -0.05) is 6.07 Å². The highest BCUT2D eigenvalue weighted by Gasteiger charge is 2.23. The number of rotatable bonds is 5. The Bertz CT molecular complexity index is 1020. The van der Waals surface area contributed by atoms with Crippen molar-refractivity contribution in [3.8, 4) is 0 Å². The topological polar surface area (TPSA) is 109 Å². The molecule has 8 heteroatoms. The Hall–Kier alpha value is -3.16. The van der Waals surface area contributed by atoms with Crippen molar-refractivity contribution in [2.24, 2.45) is 0 Å². The largest absolute Gasteiger partial charge is 0.384 e. The molecule has 0 bridgehead atoms. The molecule has 1 aliphatic heterocycles. The quantitative estimate of drug-likeness (QED) is 0.700. The maximum Gasteiger partial charge on any atom is 0.275 e. The van der Waals surface area contributed by atoms with Crippen molar-refractivity contribution in [1.29, 1.82) is 0 Å². The first-order valence-corrected chi connectivity index (χ1v) is 9.66. The summed E-state index contributed by atoms with van der Waals surface area (Å²) in [4.78, 5) is 33.4. The van der Waals surface area contributed by atoms with Crippen LogP contribution in [0.5, 0.6) is 0 Å². The lowest BCUT2D eigenvalue weighted by molar-refractivity contribution is -0.132. The molecule has 3 N–H and O–H groups in total. The minimum Gasteiger partial charge on any atom is -0.384 e. The van der Waals surface area contributed by atoms with Gasteiger partial charge in [-0.3, -0.25) is 9.59 Å². The smallest absolute Gasteiger partial charge is 0.275 e. The number of anilines is 1. The van der Waals surface area contributed by atoms with Gasteiger partial charge in [0.2, 0.25) is 5.91 Å². The molecule has 28 heavy (non-hydrogen) atoms. The number of H-pyrrole nitrogens is 1. The number of nitrogens with zero attached hydrogens (tertiary/aromatic N) is 4. The van der Waals surface area contributed by atoms with Crippen LogP contribution in [-0.4, -0.2) is 43.5 Å². The van der Waals surface area contributed by atoms with Crippen LogP contribution in [0, 0.1) is 0 Å². The maximum atomic E-state index is 12.5. The molecule has 0 unspecified atom stereocenters. The zero-order valence-electron chi connectivity index (χ0n) is 15.7. The Morgan fingerprint density at radius 3 is 2.82 bits per heavy atom. The van der Waals surface area contributed by atoms with Crippen LogP contribution in [-0.2, 0) is 11.2 Å². The van der Waals surface area contributed by atoms with Crippen LogP contribution in [0.3, 0.4) is 0 Å². The molecule has 1 fully saturated rings. The van der Waals surface area contributed by atoms with Gasteiger partial charge in [-0.25, -0.2) is 9.50 Å². The monoisotopic (exact) mass is 380 g/mol. The molecule has 0 aromatic carbocycles. The van der Waals surface area contributed by atoms with Crippen molar-refractivity contribution in [3.05, 3.63) is 58.4 Å². The van der Waals surface area contributed by atoms with E-state index >= 15 is 0 Å². The van der Waals surface area contributed by atoms with Crippen LogP contribution < -0.4 is 11.3 Å². The number of nitrogens with one attached hydrogen (secondary N) is 1. The molecule has 0 atom stereocenters. The number of pyridine rings is 1. The SMILES string of the molecule is Nc1ccc(C2CCN(C(=O)CCCc3nn4cccc4c(=O)[nH]3)CC2)cn1. The van der Waals surface area contributed by atoms with Gasteiger partial charge < -0.3 is 15.6 Å². The fraction of sp³-hybridized carbons (Fsp3) is 0.400. The Labute approximate surface area is 162 Å². The van der Waals surface area contributed by atoms with Gasteiger partial charge in [0.05, 0.1) is 0 Å². The summed E-state index contributed by atoms with van der Waals surface area (Å²) in [5.74, 6) is 1.73. The molecular weight excluding hydrogens is 356 g/mol. The molecule has 1 aliphatic rings. The third-order valence-electron chi connectivity index (χ3n) is 5.38. The maximum absolute atomic E-state index is 12.5. The van der Waals surface area contributed by atoms with Gasteiger partial charge in [-0.05, 0) is 48.9 Å². The molecule has 4 heterocycles. The first-order valence-electron chi connectivity index (χ1n) is 9.66. The van der Waals surface area contributed by atoms with E-state index in [2.05, 4.69) is 15.1 Å². The number of fused-ring (bicyclic) bond motifs is 1. The van der Waals surface area contributed by atoms with Crippen molar-refractivity contribution in [2.45, 2.75) is 38.0 Å². The highest BCUT2D eigenvalue weighted by Crippen LogP contribution is 2.28. The van der Waals surface area contributed by atoms with Crippen molar-refractivity contribution < 1.29 is 4.79 Å². The number of hydrogen-bond acceptors (Lipinski definition) is 5. The van der Waals surface area contributed by atoms with Crippen LogP contribution >= 0.6 is 0 Å². The van der Waals surface area contributed by atoms with Gasteiger partial charge >= 0.3 is 0 Å². The van der Waals surface area contributed by atoms with Gasteiger partial charge in [-0.2, -0.15) is 5.10 Å². The lowest BCUT2D eigenvalue weighted by atomic mass is 9.90. The second kappa shape index (κ2) is 7.84. The lowest BCUT2D eigenvalue weighted by Crippen LogP contribution is -2.37. The van der Waals surface area contributed by atoms with Crippen LogP contribution in [0.1, 0.15) is 43.0 Å². The number of nitrogens with two attached hydrogens (primary N) is 1. The van der Waals surface area contributed by atoms with E-state index in [1.54, 1.807) is 22.8 Å². The Kier molecular flexibility index (Phi) is 5.10. The van der Waals surface area contributed by atoms with Gasteiger partial charge in [0.1, 0.15) is 17.2 Å². The number of aryl methyl sites for hydroxylation is 1. The Morgan fingerprint density at radius 2 is 2.07 bits per heavy atom. The van der Waals surface area contributed by atoms with E-state index in [0.717, 1.165) is 25.9 Å². The standard InChI is InChI=1S/C20H24N6O2/c21-17-7-6-15(13-22-17)14-8-11-25(12-9-14)19(27)5-1-4-18-23-20(28)16-3-2-10-26(16)24-18/h2-3,6-7,10,13-14H,1,4-5,8-9,11-12H2,(H2,21,22)(H,23,24,28). The molecular formula is C20H24N6O2. The van der Waals surface area contributed by atoms with Gasteiger partial charge in [0.25, 0.3) is 5.56 Å². The molecule has 0 aliphatic carbocycles. The Morgan fingerprint density at radius 1 is 1.25 bits per heavy atom. The van der Waals surface area contributed by atoms with E-state index in [-0.39, 0.29) is 11.5 Å². The third kappa shape index (κ3) is 3.90. The van der Waals surface area contributed by atoms with Gasteiger partial charge in [-0.15, -0.1) is 0 Å². The minimum absolute atomic E-state index is 0.152. The molecule has 1 saturated heterocycles. The number of aromatic amines is 1. The first kappa shape index (κ1) is 18.2. The van der Waals surface area contributed by atoms with E-state index < -0.39 is 0 Å². The second-order valence-electron chi connectivity index (χ2n) is 7.26. The molecule has 1 amide bonds. The van der Waals surface area contributed by atoms with Crippen LogP contribution in [0.25, 0.3) is 5.52 Å². The van der Waals surface area contributed by atoms with Crippen LogP contribution in [0.15, 0.2) is 41.5 Å². The number of nitrogen functional groups attached to an aromatic ring is 1. The van der Waals surface area contributed by atoms with Crippen molar-refractivity contribution in [3.63, 3.8) is 0 Å². The number of carbonyl (C=O) groups is 1. The first-order chi connectivity index (χ1) is 13.6. The van der Waals surface area contributed by atoms with E-state index in [1.165, 1.54) is 5.56 Å². The summed E-state index contributed by atoms with van der Waals surface area (Å²) < 4.78 is 1.58. The summed E-state index contributed by atoms with van der Waals surface area (Å²) in [6.45, 7) is 1.52. The number of aromatic nitrogens is 4. The highest BCUT2D eigenvalue weighted by molar-refractivity contribution is 5.76. The van der Waals surface area contributed by atoms with E-state index in [1.807, 2.05) is 23.2 Å². The second-order valence-corrected chi connectivity index (χ2v) is 7.26. The van der Waals surface area contributed by atoms with Crippen molar-refractivity contribution in [2.75, 3.05) is 18.8 Å². The van der Waals surface area contributed by atoms with Gasteiger partial charge in [0, 0.05) is 38.3 Å². The zero-order chi connectivity index (χ0) is 19.5. The Balaban J connectivity index is 1.26. The zero-order valence-corrected chi connectivity index (χ0v) is 15.7. The van der Waals surface area contributed by atoms with Crippen molar-refractivity contribution >= 4 is 17.2 Å². The molecule has 0 spiro atoms. The molecule has 0 saturated carbocycles. The molecule has 8 nitrogen and oxygen atoms in total. The predicted octanol–water partition coefficient (Wildman–Crippen LogP) is 1.73. The summed E-state index contributed by atoms with van der Waals surface area (Å²) in [5, 5.41) is 4.38. The van der Waals surface area contributed by atoms with Crippen molar-refractivity contribution in [1.82, 2.24) is 24.5 Å². The molecule has 4 rings (SSSR count). The fourth-order valence-corrected chi connectivity index (χ4v) is 3.79. The van der Waals surface area contributed by atoms with E-state index in [9.17, 15) is 9.59 Å². The number of likely N-dealkylation sites (tertiary alicyclic amines) is 1. The number of amides is 1. The number of carbonyl (C=O) groups excluding carboxylic acids is 1. The fourth-order valence-electron chi connectivity index (χ4n) is 3.79. The predicted molar refractivity (Wildman–Crippen MR) is 106 cm³/mol. The van der Waals surface area contributed by atoms with Crippen LogP contribution in [0.2, 0.25) is 0 Å². The average molecular weight is 380 g/mol. The summed E-state index contributed by atoms with van der Waals surface area (Å²) in [5.41, 5.74) is 7.21. The molecule has 3 aromatic heterocycles. The van der Waals surface area contributed by atoms with Gasteiger partial charge in [0.15, 0.2) is 0 Å². The lowest BCUT2D eigenvalue weighted by Gasteiger charge is -2.32. The molecule has 146 valence electrons. The minimum atomic E-state index is -0.152. The van der Waals surface area contributed by atoms with E-state index in [4.69, 9.17) is 5.73 Å². The summed E-state index contributed by atoms with van der Waals surface area (Å²) in [6.07, 6.45) is 7.17. The number of hydrogen-bond donors (Lipinski definition) is 2. The highest BCUT2D eigenvalue weighted by atomic mass is 16.2. The van der Waals surface area contributed by atoms with E-state index in [0.29, 0.717) is 42.3 Å². The third-order valence-corrected chi connectivity index (χ3v) is 5.38. The average Bonchev–Trinajstić information content (AvgIpc) is 3.18. The summed E-state index contributed by atoms with van der Waals surface area (Å²) >= 11 is 0. The summed E-state index contributed by atoms with van der Waals surface area (Å²) in [6, 6.07) is 7.37. The number of piperidine rings is 1. The summed E-state index contributed by atoms with van der Waals surface area (Å²) in [7, 11) is 0. The van der Waals surface area contributed by atoms with Crippen LogP contribution in [0.4, 0.5) is 5.82 Å². The molecule has 3 aromatic rings.